The molecule has 2 N–H and O–H groups in total. The monoisotopic (exact) mass is 236 g/mol. The maximum absolute atomic E-state index is 8.69. The van der Waals surface area contributed by atoms with Crippen LogP contribution in [-0.4, -0.2) is 48.3 Å². The molecule has 0 aromatic heterocycles. The van der Waals surface area contributed by atoms with Crippen molar-refractivity contribution in [2.75, 3.05) is 19.8 Å². The van der Waals surface area contributed by atoms with Gasteiger partial charge in [0, 0.05) is 6.61 Å². The zero-order valence-corrected chi connectivity index (χ0v) is 11.3. The summed E-state index contributed by atoms with van der Waals surface area (Å²) >= 11 is 0. The van der Waals surface area contributed by atoms with Crippen LogP contribution in [0.1, 0.15) is 41.0 Å². The summed E-state index contributed by atoms with van der Waals surface area (Å²) in [5, 5.41) is 17.1. The van der Waals surface area contributed by atoms with Crippen molar-refractivity contribution in [2.45, 2.75) is 59.4 Å². The fraction of sp³-hybridized carbons (Fsp3) is 1.00. The van der Waals surface area contributed by atoms with Crippen molar-refractivity contribution >= 4 is 0 Å². The van der Waals surface area contributed by atoms with Crippen molar-refractivity contribution in [2.24, 2.45) is 0 Å². The fourth-order valence-electron chi connectivity index (χ4n) is 0.710. The largest absolute Gasteiger partial charge is 0.394 e. The Morgan fingerprint density at radius 3 is 1.88 bits per heavy atom. The zero-order valence-electron chi connectivity index (χ0n) is 11.3. The molecule has 0 aliphatic rings. The second-order valence-electron chi connectivity index (χ2n) is 4.10. The number of aliphatic hydroxyl groups is 2. The van der Waals surface area contributed by atoms with Crippen LogP contribution in [0.2, 0.25) is 0 Å². The molecule has 4 heteroatoms. The Labute approximate surface area is 99.6 Å². The quantitative estimate of drug-likeness (QED) is 0.704. The molecule has 4 nitrogen and oxygen atoms in total. The highest BCUT2D eigenvalue weighted by atomic mass is 16.5. The van der Waals surface area contributed by atoms with Crippen molar-refractivity contribution in [3.8, 4) is 0 Å². The molecule has 0 aromatic rings. The van der Waals surface area contributed by atoms with Gasteiger partial charge in [0.05, 0.1) is 31.5 Å². The maximum atomic E-state index is 8.69. The predicted octanol–water partition coefficient (Wildman–Crippen LogP) is 1.59. The summed E-state index contributed by atoms with van der Waals surface area (Å²) in [7, 11) is 0. The van der Waals surface area contributed by atoms with Gasteiger partial charge in [-0.1, -0.05) is 6.92 Å². The maximum Gasteiger partial charge on any atom is 0.0779 e. The third-order valence-corrected chi connectivity index (χ3v) is 1.53. The number of hydrogen-bond acceptors (Lipinski definition) is 4. The second kappa shape index (κ2) is 12.9. The van der Waals surface area contributed by atoms with Crippen LogP contribution in [0.25, 0.3) is 0 Å². The van der Waals surface area contributed by atoms with Crippen LogP contribution in [0.4, 0.5) is 0 Å². The first-order valence-corrected chi connectivity index (χ1v) is 5.96. The first-order valence-electron chi connectivity index (χ1n) is 5.96. The highest BCUT2D eigenvalue weighted by molar-refractivity contribution is 4.47. The Hall–Kier alpha value is -0.160. The molecule has 0 aliphatic heterocycles. The average molecular weight is 236 g/mol. The summed E-state index contributed by atoms with van der Waals surface area (Å²) in [4.78, 5) is 0. The van der Waals surface area contributed by atoms with E-state index in [9.17, 15) is 0 Å². The summed E-state index contributed by atoms with van der Waals surface area (Å²) in [5.74, 6) is 0. The molecule has 0 aliphatic carbocycles. The molecule has 0 rings (SSSR count). The van der Waals surface area contributed by atoms with Crippen molar-refractivity contribution in [3.05, 3.63) is 0 Å². The Morgan fingerprint density at radius 2 is 1.62 bits per heavy atom. The highest BCUT2D eigenvalue weighted by Gasteiger charge is 2.00. The number of aliphatic hydroxyl groups excluding tert-OH is 2. The standard InChI is InChI=1S/C6H14O3.C6H14O/c1-5(8)4-9-6(2)3-7;1-4-5-7-6(2)3/h5-8H,3-4H2,1-2H3;6H,4-5H2,1-3H3. The van der Waals surface area contributed by atoms with Gasteiger partial charge in [-0.25, -0.2) is 0 Å². The Kier molecular flexibility index (Phi) is 14.7. The minimum Gasteiger partial charge on any atom is -0.394 e. The van der Waals surface area contributed by atoms with Crippen LogP contribution in [0, 0.1) is 0 Å². The van der Waals surface area contributed by atoms with Gasteiger partial charge in [0.15, 0.2) is 0 Å². The lowest BCUT2D eigenvalue weighted by atomic mass is 10.4. The van der Waals surface area contributed by atoms with Gasteiger partial charge in [0.25, 0.3) is 0 Å². The topological polar surface area (TPSA) is 58.9 Å². The summed E-state index contributed by atoms with van der Waals surface area (Å²) in [6.07, 6.45) is 0.914. The van der Waals surface area contributed by atoms with E-state index in [4.69, 9.17) is 19.7 Å². The normalized spacial score (nSPS) is 14.2. The van der Waals surface area contributed by atoms with Crippen LogP contribution in [0.3, 0.4) is 0 Å². The van der Waals surface area contributed by atoms with E-state index in [0.717, 1.165) is 13.0 Å². The molecule has 100 valence electrons. The Balaban J connectivity index is 0. The lowest BCUT2D eigenvalue weighted by Crippen LogP contribution is -2.19. The first kappa shape index (κ1) is 18.2. The van der Waals surface area contributed by atoms with E-state index in [1.165, 1.54) is 0 Å². The van der Waals surface area contributed by atoms with Crippen molar-refractivity contribution < 1.29 is 19.7 Å². The molecule has 0 saturated heterocycles. The number of hydrogen-bond donors (Lipinski definition) is 2. The van der Waals surface area contributed by atoms with Crippen LogP contribution in [0.15, 0.2) is 0 Å². The summed E-state index contributed by atoms with van der Waals surface area (Å²) < 4.78 is 10.1. The molecule has 2 unspecified atom stereocenters. The first-order chi connectivity index (χ1) is 7.43. The van der Waals surface area contributed by atoms with Gasteiger partial charge < -0.3 is 19.7 Å². The number of ether oxygens (including phenoxy) is 2. The molecule has 0 spiro atoms. The summed E-state index contributed by atoms with van der Waals surface area (Å²) in [6.45, 7) is 10.8. The van der Waals surface area contributed by atoms with Gasteiger partial charge in [0.2, 0.25) is 0 Å². The third-order valence-electron chi connectivity index (χ3n) is 1.53. The van der Waals surface area contributed by atoms with Gasteiger partial charge in [-0.05, 0) is 34.1 Å². The van der Waals surface area contributed by atoms with Gasteiger partial charge in [-0.2, -0.15) is 0 Å². The van der Waals surface area contributed by atoms with E-state index in [-0.39, 0.29) is 12.7 Å². The molecule has 16 heavy (non-hydrogen) atoms. The SMILES string of the molecule is CC(O)COC(C)CO.CCCOC(C)C. The van der Waals surface area contributed by atoms with Crippen LogP contribution in [0.5, 0.6) is 0 Å². The molecule has 0 aromatic carbocycles. The molecule has 0 radical (unpaired) electrons. The van der Waals surface area contributed by atoms with E-state index < -0.39 is 6.10 Å². The average Bonchev–Trinajstić information content (AvgIpc) is 2.23. The molecule has 0 saturated carbocycles. The lowest BCUT2D eigenvalue weighted by molar-refractivity contribution is -0.0177. The molecule has 0 amide bonds. The molecule has 0 fully saturated rings. The van der Waals surface area contributed by atoms with Gasteiger partial charge in [-0.3, -0.25) is 0 Å². The molecule has 0 heterocycles. The fourth-order valence-corrected chi connectivity index (χ4v) is 0.710. The van der Waals surface area contributed by atoms with Gasteiger partial charge >= 0.3 is 0 Å². The van der Waals surface area contributed by atoms with Gasteiger partial charge in [0.1, 0.15) is 0 Å². The smallest absolute Gasteiger partial charge is 0.0779 e. The van der Waals surface area contributed by atoms with E-state index in [1.54, 1.807) is 13.8 Å². The molecular weight excluding hydrogens is 208 g/mol. The Bertz CT molecular complexity index is 126. The minimum absolute atomic E-state index is 0.00667. The predicted molar refractivity (Wildman–Crippen MR) is 65.6 cm³/mol. The van der Waals surface area contributed by atoms with Crippen LogP contribution < -0.4 is 0 Å². The van der Waals surface area contributed by atoms with E-state index in [2.05, 4.69) is 20.8 Å². The van der Waals surface area contributed by atoms with Crippen molar-refractivity contribution in [1.29, 1.82) is 0 Å². The van der Waals surface area contributed by atoms with E-state index >= 15 is 0 Å². The molecular formula is C12H28O4. The van der Waals surface area contributed by atoms with E-state index in [1.807, 2.05) is 0 Å². The lowest BCUT2D eigenvalue weighted by Gasteiger charge is -2.10. The zero-order chi connectivity index (χ0) is 13.0. The van der Waals surface area contributed by atoms with E-state index in [0.29, 0.717) is 12.7 Å². The summed E-state index contributed by atoms with van der Waals surface area (Å²) in [5.41, 5.74) is 0. The molecule has 0 bridgehead atoms. The number of rotatable bonds is 7. The second-order valence-corrected chi connectivity index (χ2v) is 4.10. The Morgan fingerprint density at radius 1 is 1.06 bits per heavy atom. The van der Waals surface area contributed by atoms with Crippen molar-refractivity contribution in [3.63, 3.8) is 0 Å². The van der Waals surface area contributed by atoms with Crippen molar-refractivity contribution in [1.82, 2.24) is 0 Å². The van der Waals surface area contributed by atoms with Crippen LogP contribution >= 0.6 is 0 Å². The highest BCUT2D eigenvalue weighted by Crippen LogP contribution is 1.90. The van der Waals surface area contributed by atoms with Gasteiger partial charge in [-0.15, -0.1) is 0 Å². The third kappa shape index (κ3) is 19.4. The summed E-state index contributed by atoms with van der Waals surface area (Å²) in [6, 6.07) is 0. The minimum atomic E-state index is -0.445. The molecule has 2 atom stereocenters. The van der Waals surface area contributed by atoms with Crippen LogP contribution in [-0.2, 0) is 9.47 Å².